The van der Waals surface area contributed by atoms with Gasteiger partial charge in [0.05, 0.1) is 39.4 Å². The molecular weight excluding hydrogens is 244 g/mol. The monoisotopic (exact) mass is 270 g/mol. The lowest BCUT2D eigenvalue weighted by Gasteiger charge is -2.08. The van der Waals surface area contributed by atoms with Crippen LogP contribution in [0.5, 0.6) is 0 Å². The van der Waals surface area contributed by atoms with Gasteiger partial charge in [-0.2, -0.15) is 0 Å². The predicted octanol–water partition coefficient (Wildman–Crippen LogP) is 1.98. The van der Waals surface area contributed by atoms with Crippen LogP contribution in [0.25, 0.3) is 0 Å². The van der Waals surface area contributed by atoms with Crippen molar-refractivity contribution in [3.05, 3.63) is 18.7 Å². The van der Waals surface area contributed by atoms with Crippen LogP contribution in [-0.4, -0.2) is 49.2 Å². The molecule has 1 rings (SSSR count). The van der Waals surface area contributed by atoms with Crippen molar-refractivity contribution < 1.29 is 14.2 Å². The summed E-state index contributed by atoms with van der Waals surface area (Å²) < 4.78 is 18.3. The molecule has 0 amide bonds. The fraction of sp³-hybridized carbons (Fsp3) is 0.786. The van der Waals surface area contributed by atoms with Crippen LogP contribution in [0.15, 0.2) is 18.7 Å². The van der Waals surface area contributed by atoms with E-state index in [0.717, 1.165) is 19.6 Å². The van der Waals surface area contributed by atoms with E-state index in [1.54, 1.807) is 12.5 Å². The van der Waals surface area contributed by atoms with Crippen LogP contribution in [0.3, 0.4) is 0 Å². The number of hydrogen-bond acceptors (Lipinski definition) is 4. The standard InChI is InChI=1S/C14H26N2O3/c1-14(2)3-7-17-9-11-19-12-10-18-8-6-16-5-4-15-13-16/h4-5,13-14H,3,6-12H2,1-2H3. The molecule has 0 spiro atoms. The first-order chi connectivity index (χ1) is 9.29. The largest absolute Gasteiger partial charge is 0.379 e. The van der Waals surface area contributed by atoms with Crippen molar-refractivity contribution in [2.24, 2.45) is 5.92 Å². The SMILES string of the molecule is CC(C)CCOCCOCCOCCn1ccnc1. The molecule has 0 aromatic carbocycles. The molecule has 0 fully saturated rings. The Morgan fingerprint density at radius 2 is 1.58 bits per heavy atom. The number of nitrogens with zero attached hydrogens (tertiary/aromatic N) is 2. The lowest BCUT2D eigenvalue weighted by atomic mass is 10.1. The third kappa shape index (κ3) is 9.64. The molecule has 0 aliphatic heterocycles. The summed E-state index contributed by atoms with van der Waals surface area (Å²) in [6, 6.07) is 0. The average molecular weight is 270 g/mol. The minimum Gasteiger partial charge on any atom is -0.379 e. The van der Waals surface area contributed by atoms with Crippen molar-refractivity contribution in [1.82, 2.24) is 9.55 Å². The summed E-state index contributed by atoms with van der Waals surface area (Å²) in [6.07, 6.45) is 6.59. The molecule has 0 bridgehead atoms. The van der Waals surface area contributed by atoms with Crippen LogP contribution >= 0.6 is 0 Å². The zero-order valence-corrected chi connectivity index (χ0v) is 12.1. The van der Waals surface area contributed by atoms with Gasteiger partial charge in [-0.25, -0.2) is 4.98 Å². The Balaban J connectivity index is 1.74. The van der Waals surface area contributed by atoms with Gasteiger partial charge in [-0.3, -0.25) is 0 Å². The second-order valence-electron chi connectivity index (χ2n) is 4.82. The van der Waals surface area contributed by atoms with Crippen molar-refractivity contribution in [1.29, 1.82) is 0 Å². The van der Waals surface area contributed by atoms with Gasteiger partial charge in [-0.15, -0.1) is 0 Å². The van der Waals surface area contributed by atoms with Gasteiger partial charge in [0, 0.05) is 25.5 Å². The molecule has 0 unspecified atom stereocenters. The molecule has 0 radical (unpaired) electrons. The lowest BCUT2D eigenvalue weighted by molar-refractivity contribution is 0.0115. The summed E-state index contributed by atoms with van der Waals surface area (Å²) in [5, 5.41) is 0. The third-order valence-corrected chi connectivity index (χ3v) is 2.64. The molecule has 1 heterocycles. The van der Waals surface area contributed by atoms with Gasteiger partial charge in [0.15, 0.2) is 0 Å². The van der Waals surface area contributed by atoms with Crippen molar-refractivity contribution >= 4 is 0 Å². The lowest BCUT2D eigenvalue weighted by Crippen LogP contribution is -2.12. The molecule has 0 N–H and O–H groups in total. The number of ether oxygens (including phenoxy) is 3. The Labute approximate surface area is 115 Å². The topological polar surface area (TPSA) is 45.5 Å². The first kappa shape index (κ1) is 16.1. The molecule has 5 nitrogen and oxygen atoms in total. The highest BCUT2D eigenvalue weighted by Gasteiger charge is 1.95. The summed E-state index contributed by atoms with van der Waals surface area (Å²) in [4.78, 5) is 3.97. The van der Waals surface area contributed by atoms with E-state index in [1.807, 2.05) is 10.8 Å². The molecule has 1 aromatic heterocycles. The van der Waals surface area contributed by atoms with Crippen molar-refractivity contribution in [2.45, 2.75) is 26.8 Å². The fourth-order valence-corrected chi connectivity index (χ4v) is 1.45. The number of rotatable bonds is 12. The fourth-order valence-electron chi connectivity index (χ4n) is 1.45. The predicted molar refractivity (Wildman–Crippen MR) is 74.1 cm³/mol. The second-order valence-corrected chi connectivity index (χ2v) is 4.82. The maximum Gasteiger partial charge on any atom is 0.0946 e. The zero-order chi connectivity index (χ0) is 13.8. The second kappa shape index (κ2) is 11.0. The molecule has 110 valence electrons. The van der Waals surface area contributed by atoms with Crippen LogP contribution in [-0.2, 0) is 20.8 Å². The van der Waals surface area contributed by atoms with E-state index < -0.39 is 0 Å². The molecular formula is C14H26N2O3. The Morgan fingerprint density at radius 1 is 0.947 bits per heavy atom. The first-order valence-electron chi connectivity index (χ1n) is 6.98. The number of aromatic nitrogens is 2. The minimum absolute atomic E-state index is 0.622. The van der Waals surface area contributed by atoms with E-state index in [9.17, 15) is 0 Å². The summed E-state index contributed by atoms with van der Waals surface area (Å²) in [5.41, 5.74) is 0. The Morgan fingerprint density at radius 3 is 2.16 bits per heavy atom. The van der Waals surface area contributed by atoms with E-state index >= 15 is 0 Å². The van der Waals surface area contributed by atoms with Crippen LogP contribution in [0, 0.1) is 5.92 Å². The van der Waals surface area contributed by atoms with Gasteiger partial charge in [-0.1, -0.05) is 13.8 Å². The molecule has 0 aliphatic rings. The number of hydrogen-bond donors (Lipinski definition) is 0. The van der Waals surface area contributed by atoms with Crippen LogP contribution in [0.2, 0.25) is 0 Å². The van der Waals surface area contributed by atoms with Gasteiger partial charge < -0.3 is 18.8 Å². The quantitative estimate of drug-likeness (QED) is 0.545. The summed E-state index contributed by atoms with van der Waals surface area (Å²) in [5.74, 6) is 0.699. The van der Waals surface area contributed by atoms with Crippen molar-refractivity contribution in [2.75, 3.05) is 39.6 Å². The maximum absolute atomic E-state index is 5.45. The van der Waals surface area contributed by atoms with Gasteiger partial charge >= 0.3 is 0 Å². The molecule has 0 saturated carbocycles. The highest BCUT2D eigenvalue weighted by molar-refractivity contribution is 4.73. The Bertz CT molecular complexity index is 289. The van der Waals surface area contributed by atoms with Crippen molar-refractivity contribution in [3.8, 4) is 0 Å². The van der Waals surface area contributed by atoms with Crippen LogP contribution in [0.4, 0.5) is 0 Å². The average Bonchev–Trinajstić information content (AvgIpc) is 2.88. The van der Waals surface area contributed by atoms with Crippen LogP contribution < -0.4 is 0 Å². The van der Waals surface area contributed by atoms with E-state index in [-0.39, 0.29) is 0 Å². The highest BCUT2D eigenvalue weighted by Crippen LogP contribution is 1.98. The normalized spacial score (nSPS) is 11.3. The van der Waals surface area contributed by atoms with Gasteiger partial charge in [0.25, 0.3) is 0 Å². The number of imidazole rings is 1. The van der Waals surface area contributed by atoms with Crippen LogP contribution in [0.1, 0.15) is 20.3 Å². The summed E-state index contributed by atoms with van der Waals surface area (Å²) >= 11 is 0. The summed E-state index contributed by atoms with van der Waals surface area (Å²) in [7, 11) is 0. The molecule has 0 saturated heterocycles. The highest BCUT2D eigenvalue weighted by atomic mass is 16.5. The first-order valence-corrected chi connectivity index (χ1v) is 6.98. The molecule has 1 aromatic rings. The van der Waals surface area contributed by atoms with Crippen molar-refractivity contribution in [3.63, 3.8) is 0 Å². The minimum atomic E-state index is 0.622. The van der Waals surface area contributed by atoms with E-state index in [2.05, 4.69) is 18.8 Å². The Hall–Kier alpha value is -0.910. The molecule has 5 heteroatoms. The van der Waals surface area contributed by atoms with E-state index in [1.165, 1.54) is 0 Å². The van der Waals surface area contributed by atoms with Gasteiger partial charge in [0.1, 0.15) is 0 Å². The van der Waals surface area contributed by atoms with Gasteiger partial charge in [-0.05, 0) is 12.3 Å². The van der Waals surface area contributed by atoms with Gasteiger partial charge in [0.2, 0.25) is 0 Å². The van der Waals surface area contributed by atoms with E-state index in [4.69, 9.17) is 14.2 Å². The molecule has 0 aliphatic carbocycles. The molecule has 0 atom stereocenters. The van der Waals surface area contributed by atoms with E-state index in [0.29, 0.717) is 39.0 Å². The summed E-state index contributed by atoms with van der Waals surface area (Å²) in [6.45, 7) is 9.29. The Kier molecular flexibility index (Phi) is 9.32. The zero-order valence-electron chi connectivity index (χ0n) is 12.1. The third-order valence-electron chi connectivity index (χ3n) is 2.64. The smallest absolute Gasteiger partial charge is 0.0946 e. The maximum atomic E-state index is 5.45. The molecule has 19 heavy (non-hydrogen) atoms.